The van der Waals surface area contributed by atoms with Gasteiger partial charge in [0.15, 0.2) is 6.61 Å². The summed E-state index contributed by atoms with van der Waals surface area (Å²) in [6, 6.07) is 8.31. The molecule has 1 saturated heterocycles. The Bertz CT molecular complexity index is 990. The maximum atomic E-state index is 13.3. The molecule has 1 spiro atoms. The summed E-state index contributed by atoms with van der Waals surface area (Å²) in [4.78, 5) is 40.4. The van der Waals surface area contributed by atoms with Crippen molar-refractivity contribution in [3.8, 4) is 11.8 Å². The maximum Gasteiger partial charge on any atom is 0.261 e. The van der Waals surface area contributed by atoms with Gasteiger partial charge in [-0.25, -0.2) is 0 Å². The molecule has 3 fully saturated rings. The molecule has 1 aromatic rings. The third-order valence-electron chi connectivity index (χ3n) is 7.83. The van der Waals surface area contributed by atoms with Crippen molar-refractivity contribution in [2.75, 3.05) is 13.2 Å². The summed E-state index contributed by atoms with van der Waals surface area (Å²) in [6.45, 7) is 6.52. The van der Waals surface area contributed by atoms with E-state index in [-0.39, 0.29) is 41.0 Å². The molecule has 1 N–H and O–H groups in total. The van der Waals surface area contributed by atoms with Gasteiger partial charge in [-0.05, 0) is 62.0 Å². The molecule has 3 atom stereocenters. The molecule has 7 heteroatoms. The molecule has 0 radical (unpaired) electrons. The first-order chi connectivity index (χ1) is 16.1. The molecule has 3 aliphatic rings. The first-order valence-corrected chi connectivity index (χ1v) is 12.3. The van der Waals surface area contributed by atoms with Crippen LogP contribution in [0, 0.1) is 35.0 Å². The molecule has 2 aliphatic carbocycles. The number of carbonyl (C=O) groups is 3. The number of nitriles is 1. The number of ether oxygens (including phenoxy) is 1. The molecular formula is C27H35N3O4. The first kappa shape index (κ1) is 24.3. The van der Waals surface area contributed by atoms with Gasteiger partial charge in [0.25, 0.3) is 5.91 Å². The Hall–Kier alpha value is -2.88. The third kappa shape index (κ3) is 5.27. The summed E-state index contributed by atoms with van der Waals surface area (Å²) in [5.74, 6) is 0.0571. The molecule has 182 valence electrons. The van der Waals surface area contributed by atoms with Crippen molar-refractivity contribution in [3.63, 3.8) is 0 Å². The fourth-order valence-corrected chi connectivity index (χ4v) is 5.83. The van der Waals surface area contributed by atoms with E-state index in [9.17, 15) is 19.6 Å². The second-order valence-electron chi connectivity index (χ2n) is 11.3. The van der Waals surface area contributed by atoms with Gasteiger partial charge in [0.2, 0.25) is 5.91 Å². The number of aryl methyl sites for hydroxylation is 1. The van der Waals surface area contributed by atoms with E-state index in [1.165, 1.54) is 0 Å². The topological polar surface area (TPSA) is 99.5 Å². The van der Waals surface area contributed by atoms with Crippen LogP contribution in [0.3, 0.4) is 0 Å². The highest BCUT2D eigenvalue weighted by Crippen LogP contribution is 2.50. The van der Waals surface area contributed by atoms with Crippen LogP contribution in [0.5, 0.6) is 5.75 Å². The fraction of sp³-hybridized carbons (Fsp3) is 0.630. The van der Waals surface area contributed by atoms with E-state index in [0.717, 1.165) is 31.2 Å². The number of carbonyl (C=O) groups excluding carboxylic acids is 3. The summed E-state index contributed by atoms with van der Waals surface area (Å²) in [5.41, 5.74) is 1.04. The molecule has 1 aliphatic heterocycles. The molecule has 0 bridgehead atoms. The number of nitrogens with one attached hydrogen (secondary N) is 1. The van der Waals surface area contributed by atoms with E-state index in [4.69, 9.17) is 4.74 Å². The second-order valence-corrected chi connectivity index (χ2v) is 11.3. The van der Waals surface area contributed by atoms with Crippen molar-refractivity contribution in [1.29, 1.82) is 5.26 Å². The van der Waals surface area contributed by atoms with Crippen molar-refractivity contribution in [3.05, 3.63) is 29.8 Å². The minimum Gasteiger partial charge on any atom is -0.484 e. The van der Waals surface area contributed by atoms with Crippen molar-refractivity contribution >= 4 is 17.6 Å². The van der Waals surface area contributed by atoms with Crippen LogP contribution in [0.4, 0.5) is 0 Å². The van der Waals surface area contributed by atoms with Crippen LogP contribution in [0.1, 0.15) is 64.4 Å². The summed E-state index contributed by atoms with van der Waals surface area (Å²) in [7, 11) is 0. The number of likely N-dealkylation sites (tertiary alicyclic amines) is 1. The zero-order chi connectivity index (χ0) is 24.5. The summed E-state index contributed by atoms with van der Waals surface area (Å²) < 4.78 is 5.69. The Morgan fingerprint density at radius 2 is 1.94 bits per heavy atom. The first-order valence-electron chi connectivity index (χ1n) is 12.3. The van der Waals surface area contributed by atoms with Gasteiger partial charge in [0.1, 0.15) is 23.6 Å². The number of nitrogens with zero attached hydrogens (tertiary/aromatic N) is 2. The highest BCUT2D eigenvalue weighted by molar-refractivity contribution is 5.89. The van der Waals surface area contributed by atoms with Crippen LogP contribution < -0.4 is 10.1 Å². The highest BCUT2D eigenvalue weighted by Gasteiger charge is 2.51. The molecule has 34 heavy (non-hydrogen) atoms. The predicted octanol–water partition coefficient (Wildman–Crippen LogP) is 3.55. The Morgan fingerprint density at radius 3 is 2.50 bits per heavy atom. The molecule has 7 nitrogen and oxygen atoms in total. The van der Waals surface area contributed by atoms with Gasteiger partial charge in [-0.3, -0.25) is 14.4 Å². The van der Waals surface area contributed by atoms with E-state index < -0.39 is 12.1 Å². The number of rotatable bonds is 7. The number of amides is 2. The average Bonchev–Trinajstić information content (AvgIpc) is 3.30. The minimum atomic E-state index is -0.742. The van der Waals surface area contributed by atoms with Crippen molar-refractivity contribution in [1.82, 2.24) is 10.2 Å². The van der Waals surface area contributed by atoms with E-state index in [1.54, 1.807) is 4.90 Å². The quantitative estimate of drug-likeness (QED) is 0.664. The lowest BCUT2D eigenvalue weighted by Crippen LogP contribution is -2.50. The smallest absolute Gasteiger partial charge is 0.261 e. The lowest BCUT2D eigenvalue weighted by molar-refractivity contribution is -0.140. The van der Waals surface area contributed by atoms with Gasteiger partial charge in [0, 0.05) is 18.9 Å². The maximum absolute atomic E-state index is 13.3. The Labute approximate surface area is 201 Å². The van der Waals surface area contributed by atoms with E-state index in [0.29, 0.717) is 31.6 Å². The SMILES string of the molecule is Cc1ccc(OCC(=O)N2CC3(CCC3)CC2C(=O)N[C@H](C#N)C[C@@H]2CC(C)(C)CC2=O)cc1. The number of hydrogen-bond acceptors (Lipinski definition) is 5. The molecule has 1 aromatic carbocycles. The lowest BCUT2D eigenvalue weighted by Gasteiger charge is -2.37. The molecule has 2 saturated carbocycles. The summed E-state index contributed by atoms with van der Waals surface area (Å²) in [6.07, 6.45) is 5.30. The molecule has 0 aromatic heterocycles. The summed E-state index contributed by atoms with van der Waals surface area (Å²) in [5, 5.41) is 12.5. The van der Waals surface area contributed by atoms with Crippen LogP contribution in [0.25, 0.3) is 0 Å². The fourth-order valence-electron chi connectivity index (χ4n) is 5.83. The second kappa shape index (κ2) is 9.40. The van der Waals surface area contributed by atoms with Crippen LogP contribution in [-0.4, -0.2) is 47.7 Å². The Kier molecular flexibility index (Phi) is 6.71. The van der Waals surface area contributed by atoms with Gasteiger partial charge in [-0.2, -0.15) is 5.26 Å². The van der Waals surface area contributed by atoms with Crippen LogP contribution in [0.15, 0.2) is 24.3 Å². The van der Waals surface area contributed by atoms with Gasteiger partial charge in [-0.1, -0.05) is 38.0 Å². The normalized spacial score (nSPS) is 25.5. The van der Waals surface area contributed by atoms with E-state index in [1.807, 2.05) is 31.2 Å². The minimum absolute atomic E-state index is 0.00485. The number of benzene rings is 1. The average molecular weight is 466 g/mol. The zero-order valence-electron chi connectivity index (χ0n) is 20.4. The third-order valence-corrected chi connectivity index (χ3v) is 7.83. The van der Waals surface area contributed by atoms with Crippen molar-refractivity contribution in [2.24, 2.45) is 16.7 Å². The zero-order valence-corrected chi connectivity index (χ0v) is 20.4. The lowest BCUT2D eigenvalue weighted by atomic mass is 9.67. The standard InChI is InChI=1S/C27H35N3O4/c1-18-5-7-21(8-6-18)34-16-24(32)30-17-27(9-4-10-27)13-22(30)25(33)29-20(15-28)11-19-12-26(2,3)14-23(19)31/h5-8,19-20,22H,4,9-14,16-17H2,1-3H3,(H,29,33)/t19-,20+,22?/m1/s1. The number of Topliss-reactive ketones (excluding diaryl/α,β-unsaturated/α-hetero) is 1. The van der Waals surface area contributed by atoms with Crippen LogP contribution >= 0.6 is 0 Å². The van der Waals surface area contributed by atoms with E-state index >= 15 is 0 Å². The van der Waals surface area contributed by atoms with Crippen LogP contribution in [0.2, 0.25) is 0 Å². The predicted molar refractivity (Wildman–Crippen MR) is 127 cm³/mol. The molecule has 1 unspecified atom stereocenters. The highest BCUT2D eigenvalue weighted by atomic mass is 16.5. The molecule has 1 heterocycles. The van der Waals surface area contributed by atoms with Gasteiger partial charge >= 0.3 is 0 Å². The molecular weight excluding hydrogens is 430 g/mol. The number of hydrogen-bond donors (Lipinski definition) is 1. The van der Waals surface area contributed by atoms with Crippen LogP contribution in [-0.2, 0) is 14.4 Å². The van der Waals surface area contributed by atoms with Gasteiger partial charge in [0.05, 0.1) is 6.07 Å². The number of ketones is 1. The molecule has 4 rings (SSSR count). The summed E-state index contributed by atoms with van der Waals surface area (Å²) >= 11 is 0. The Morgan fingerprint density at radius 1 is 1.24 bits per heavy atom. The largest absolute Gasteiger partial charge is 0.484 e. The van der Waals surface area contributed by atoms with Crippen molar-refractivity contribution < 1.29 is 19.1 Å². The van der Waals surface area contributed by atoms with Crippen molar-refractivity contribution in [2.45, 2.75) is 77.8 Å². The Balaban J connectivity index is 1.39. The molecule has 2 amide bonds. The van der Waals surface area contributed by atoms with E-state index in [2.05, 4.69) is 25.2 Å². The van der Waals surface area contributed by atoms with Gasteiger partial charge in [-0.15, -0.1) is 0 Å². The monoisotopic (exact) mass is 465 g/mol. The van der Waals surface area contributed by atoms with Gasteiger partial charge < -0.3 is 15.0 Å².